The van der Waals surface area contributed by atoms with Gasteiger partial charge in [-0.2, -0.15) is 0 Å². The molecule has 1 saturated heterocycles. The summed E-state index contributed by atoms with van der Waals surface area (Å²) in [6, 6.07) is 0.591. The zero-order valence-electron chi connectivity index (χ0n) is 9.79. The fraction of sp³-hybridized carbons (Fsp3) is 0.909. The van der Waals surface area contributed by atoms with Crippen molar-refractivity contribution in [2.75, 3.05) is 18.8 Å². The molecule has 0 aromatic rings. The standard InChI is InChI=1S/C11H22N2S/c1-9(2)8-12-11-13(10(3)4)6-5-7-14-11/h9-10H,5-8H2,1-4H3. The highest BCUT2D eigenvalue weighted by molar-refractivity contribution is 8.13. The van der Waals surface area contributed by atoms with E-state index in [1.54, 1.807) is 0 Å². The van der Waals surface area contributed by atoms with Crippen LogP contribution in [0.1, 0.15) is 34.1 Å². The SMILES string of the molecule is CC(C)CN=C1SCCCN1C(C)C. The Kier molecular flexibility index (Phi) is 4.79. The Balaban J connectivity index is 2.57. The van der Waals surface area contributed by atoms with E-state index < -0.39 is 0 Å². The number of amidine groups is 1. The Hall–Kier alpha value is -0.180. The van der Waals surface area contributed by atoms with Gasteiger partial charge >= 0.3 is 0 Å². The summed E-state index contributed by atoms with van der Waals surface area (Å²) in [6.45, 7) is 11.1. The summed E-state index contributed by atoms with van der Waals surface area (Å²) in [5.74, 6) is 1.90. The molecule has 0 radical (unpaired) electrons. The third-order valence-electron chi connectivity index (χ3n) is 2.24. The van der Waals surface area contributed by atoms with Crippen molar-refractivity contribution in [2.45, 2.75) is 40.2 Å². The minimum Gasteiger partial charge on any atom is -0.349 e. The smallest absolute Gasteiger partial charge is 0.159 e. The molecular weight excluding hydrogens is 192 g/mol. The molecular formula is C11H22N2S. The van der Waals surface area contributed by atoms with Crippen molar-refractivity contribution >= 4 is 16.9 Å². The Bertz CT molecular complexity index is 199. The molecule has 1 heterocycles. The molecule has 1 aliphatic rings. The second kappa shape index (κ2) is 5.64. The minimum absolute atomic E-state index is 0.591. The quantitative estimate of drug-likeness (QED) is 0.718. The van der Waals surface area contributed by atoms with E-state index in [0.29, 0.717) is 12.0 Å². The van der Waals surface area contributed by atoms with Crippen molar-refractivity contribution in [3.05, 3.63) is 0 Å². The molecule has 3 heteroatoms. The molecule has 82 valence electrons. The van der Waals surface area contributed by atoms with Crippen LogP contribution in [0, 0.1) is 5.92 Å². The lowest BCUT2D eigenvalue weighted by molar-refractivity contribution is 0.351. The summed E-state index contributed by atoms with van der Waals surface area (Å²) in [5.41, 5.74) is 0. The summed E-state index contributed by atoms with van der Waals surface area (Å²) in [4.78, 5) is 7.12. The van der Waals surface area contributed by atoms with Crippen LogP contribution in [0.15, 0.2) is 4.99 Å². The van der Waals surface area contributed by atoms with Crippen LogP contribution >= 0.6 is 11.8 Å². The fourth-order valence-corrected chi connectivity index (χ4v) is 2.54. The molecule has 0 saturated carbocycles. The summed E-state index contributed by atoms with van der Waals surface area (Å²) in [6.07, 6.45) is 1.30. The van der Waals surface area contributed by atoms with E-state index in [9.17, 15) is 0 Å². The van der Waals surface area contributed by atoms with E-state index in [0.717, 1.165) is 6.54 Å². The molecule has 0 aromatic heterocycles. The van der Waals surface area contributed by atoms with Gasteiger partial charge in [0.15, 0.2) is 5.17 Å². The number of nitrogens with zero attached hydrogens (tertiary/aromatic N) is 2. The van der Waals surface area contributed by atoms with E-state index in [-0.39, 0.29) is 0 Å². The molecule has 1 fully saturated rings. The summed E-state index contributed by atoms with van der Waals surface area (Å²) < 4.78 is 0. The maximum absolute atomic E-state index is 4.69. The maximum atomic E-state index is 4.69. The van der Waals surface area contributed by atoms with Crippen LogP contribution in [0.5, 0.6) is 0 Å². The highest BCUT2D eigenvalue weighted by Gasteiger charge is 2.19. The first-order valence-corrected chi connectivity index (χ1v) is 6.53. The van der Waals surface area contributed by atoms with Gasteiger partial charge in [0.1, 0.15) is 0 Å². The Morgan fingerprint density at radius 1 is 1.36 bits per heavy atom. The van der Waals surface area contributed by atoms with Crippen LogP contribution < -0.4 is 0 Å². The molecule has 0 amide bonds. The van der Waals surface area contributed by atoms with E-state index in [4.69, 9.17) is 4.99 Å². The van der Waals surface area contributed by atoms with Crippen LogP contribution in [-0.2, 0) is 0 Å². The van der Waals surface area contributed by atoms with E-state index in [2.05, 4.69) is 32.6 Å². The molecule has 2 nitrogen and oxygen atoms in total. The average molecular weight is 214 g/mol. The normalized spacial score (nSPS) is 21.3. The Morgan fingerprint density at radius 3 is 2.64 bits per heavy atom. The first kappa shape index (κ1) is 11.9. The van der Waals surface area contributed by atoms with Crippen LogP contribution in [-0.4, -0.2) is 35.0 Å². The molecule has 14 heavy (non-hydrogen) atoms. The number of hydrogen-bond acceptors (Lipinski definition) is 2. The molecule has 1 aliphatic heterocycles. The van der Waals surface area contributed by atoms with Crippen LogP contribution in [0.3, 0.4) is 0 Å². The summed E-state index contributed by atoms with van der Waals surface area (Å²) >= 11 is 1.92. The molecule has 0 spiro atoms. The molecule has 0 aromatic carbocycles. The van der Waals surface area contributed by atoms with Crippen molar-refractivity contribution in [2.24, 2.45) is 10.9 Å². The Labute approximate surface area is 92.2 Å². The van der Waals surface area contributed by atoms with E-state index in [1.165, 1.54) is 23.9 Å². The fourth-order valence-electron chi connectivity index (χ4n) is 1.45. The van der Waals surface area contributed by atoms with Crippen molar-refractivity contribution in [1.29, 1.82) is 0 Å². The van der Waals surface area contributed by atoms with Gasteiger partial charge in [0, 0.05) is 24.9 Å². The van der Waals surface area contributed by atoms with Gasteiger partial charge in [-0.25, -0.2) is 0 Å². The van der Waals surface area contributed by atoms with Crippen LogP contribution in [0.4, 0.5) is 0 Å². The largest absolute Gasteiger partial charge is 0.349 e. The molecule has 0 atom stereocenters. The number of rotatable bonds is 3. The molecule has 0 unspecified atom stereocenters. The zero-order valence-corrected chi connectivity index (χ0v) is 10.6. The van der Waals surface area contributed by atoms with Gasteiger partial charge in [0.2, 0.25) is 0 Å². The van der Waals surface area contributed by atoms with E-state index >= 15 is 0 Å². The third kappa shape index (κ3) is 3.52. The van der Waals surface area contributed by atoms with Crippen molar-refractivity contribution in [3.8, 4) is 0 Å². The minimum atomic E-state index is 0.591. The highest BCUT2D eigenvalue weighted by Crippen LogP contribution is 2.20. The first-order chi connectivity index (χ1) is 6.61. The predicted octanol–water partition coefficient (Wildman–Crippen LogP) is 2.85. The van der Waals surface area contributed by atoms with Crippen molar-refractivity contribution in [1.82, 2.24) is 4.90 Å². The molecule has 1 rings (SSSR count). The Morgan fingerprint density at radius 2 is 2.07 bits per heavy atom. The number of hydrogen-bond donors (Lipinski definition) is 0. The average Bonchev–Trinajstić information content (AvgIpc) is 2.15. The van der Waals surface area contributed by atoms with Crippen LogP contribution in [0.25, 0.3) is 0 Å². The van der Waals surface area contributed by atoms with Gasteiger partial charge in [0.05, 0.1) is 0 Å². The van der Waals surface area contributed by atoms with Gasteiger partial charge < -0.3 is 4.90 Å². The van der Waals surface area contributed by atoms with Gasteiger partial charge in [0.25, 0.3) is 0 Å². The number of thioether (sulfide) groups is 1. The topological polar surface area (TPSA) is 15.6 Å². The van der Waals surface area contributed by atoms with Gasteiger partial charge in [-0.3, -0.25) is 4.99 Å². The van der Waals surface area contributed by atoms with Crippen LogP contribution in [0.2, 0.25) is 0 Å². The van der Waals surface area contributed by atoms with Crippen molar-refractivity contribution in [3.63, 3.8) is 0 Å². The predicted molar refractivity (Wildman–Crippen MR) is 66.1 cm³/mol. The molecule has 0 bridgehead atoms. The van der Waals surface area contributed by atoms with Gasteiger partial charge in [-0.05, 0) is 26.2 Å². The maximum Gasteiger partial charge on any atom is 0.159 e. The lowest BCUT2D eigenvalue weighted by Gasteiger charge is -2.33. The van der Waals surface area contributed by atoms with Gasteiger partial charge in [-0.1, -0.05) is 25.6 Å². The summed E-state index contributed by atoms with van der Waals surface area (Å²) in [5, 5.41) is 1.26. The third-order valence-corrected chi connectivity index (χ3v) is 3.35. The number of aliphatic imine (C=N–C) groups is 1. The van der Waals surface area contributed by atoms with Crippen molar-refractivity contribution < 1.29 is 0 Å². The molecule has 0 N–H and O–H groups in total. The van der Waals surface area contributed by atoms with Gasteiger partial charge in [-0.15, -0.1) is 0 Å². The lowest BCUT2D eigenvalue weighted by Crippen LogP contribution is -2.39. The first-order valence-electron chi connectivity index (χ1n) is 5.55. The van der Waals surface area contributed by atoms with E-state index in [1.807, 2.05) is 11.8 Å². The lowest BCUT2D eigenvalue weighted by atomic mass is 10.2. The monoisotopic (exact) mass is 214 g/mol. The second-order valence-electron chi connectivity index (χ2n) is 4.51. The summed E-state index contributed by atoms with van der Waals surface area (Å²) in [7, 11) is 0. The zero-order chi connectivity index (χ0) is 10.6. The highest BCUT2D eigenvalue weighted by atomic mass is 32.2. The molecule has 0 aliphatic carbocycles. The second-order valence-corrected chi connectivity index (χ2v) is 5.57.